The zero-order valence-electron chi connectivity index (χ0n) is 6.63. The second kappa shape index (κ2) is 3.59. The van der Waals surface area contributed by atoms with E-state index < -0.39 is 0 Å². The lowest BCUT2D eigenvalue weighted by Crippen LogP contribution is -2.01. The third-order valence-electron chi connectivity index (χ3n) is 1.19. The van der Waals surface area contributed by atoms with Crippen molar-refractivity contribution in [2.24, 2.45) is 0 Å². The maximum absolute atomic E-state index is 10.5. The number of hydrogen-bond acceptors (Lipinski definition) is 2. The fraction of sp³-hybridized carbons (Fsp3) is 0.100. The minimum atomic E-state index is -0.363. The summed E-state index contributed by atoms with van der Waals surface area (Å²) in [4.78, 5) is 10.5. The Bertz CT molecular complexity index is 334. The maximum atomic E-state index is 10.5. The van der Waals surface area contributed by atoms with Crippen molar-refractivity contribution in [1.29, 1.82) is 0 Å². The van der Waals surface area contributed by atoms with E-state index in [4.69, 9.17) is 11.2 Å². The number of carbonyl (C=O) groups excluding carboxylic acids is 1. The van der Waals surface area contributed by atoms with E-state index in [2.05, 4.69) is 12.0 Å². The largest absolute Gasteiger partial charge is 0.427 e. The molecular weight excluding hydrogens is 152 g/mol. The smallest absolute Gasteiger partial charge is 0.308 e. The van der Waals surface area contributed by atoms with Crippen LogP contribution >= 0.6 is 0 Å². The molecule has 1 aromatic carbocycles. The summed E-state index contributed by atoms with van der Waals surface area (Å²) in [6, 6.07) is 7.58. The molecule has 0 aliphatic carbocycles. The molecule has 0 aliphatic rings. The van der Waals surface area contributed by atoms with Gasteiger partial charge in [-0.3, -0.25) is 4.79 Å². The quantitative estimate of drug-likeness (QED) is 0.351. The number of esters is 1. The van der Waals surface area contributed by atoms with Gasteiger partial charge in [0.2, 0.25) is 0 Å². The molecule has 0 N–H and O–H groups in total. The Morgan fingerprint density at radius 2 is 2.42 bits per heavy atom. The fourth-order valence-electron chi connectivity index (χ4n) is 0.758. The Kier molecular flexibility index (Phi) is 2.49. The highest BCUT2D eigenvalue weighted by molar-refractivity contribution is 5.69. The lowest BCUT2D eigenvalue weighted by molar-refractivity contribution is -0.131. The van der Waals surface area contributed by atoms with Crippen molar-refractivity contribution in [3.8, 4) is 18.1 Å². The maximum Gasteiger partial charge on any atom is 0.308 e. The number of terminal acetylenes is 1. The predicted molar refractivity (Wildman–Crippen MR) is 44.5 cm³/mol. The summed E-state index contributed by atoms with van der Waals surface area (Å²) >= 11 is 0. The summed E-state index contributed by atoms with van der Waals surface area (Å²) in [6.07, 6.45) is 5.14. The van der Waals surface area contributed by atoms with Crippen LogP contribution in [0.4, 0.5) is 0 Å². The average molecular weight is 159 g/mol. The summed E-state index contributed by atoms with van der Waals surface area (Å²) in [7, 11) is 0. The molecule has 1 aromatic rings. The van der Waals surface area contributed by atoms with Gasteiger partial charge in [0, 0.05) is 12.5 Å². The Morgan fingerprint density at radius 3 is 3.00 bits per heavy atom. The van der Waals surface area contributed by atoms with Crippen LogP contribution in [0.5, 0.6) is 5.75 Å². The van der Waals surface area contributed by atoms with Gasteiger partial charge in [0.05, 0.1) is 0 Å². The zero-order chi connectivity index (χ0) is 8.97. The third kappa shape index (κ3) is 2.14. The van der Waals surface area contributed by atoms with Crippen LogP contribution in [0, 0.1) is 18.4 Å². The van der Waals surface area contributed by atoms with E-state index in [1.165, 1.54) is 6.92 Å². The first kappa shape index (κ1) is 8.35. The van der Waals surface area contributed by atoms with E-state index in [0.717, 1.165) is 0 Å². The van der Waals surface area contributed by atoms with Crippen LogP contribution in [0.2, 0.25) is 0 Å². The molecule has 59 valence electrons. The highest BCUT2D eigenvalue weighted by Gasteiger charge is 1.97. The van der Waals surface area contributed by atoms with Gasteiger partial charge in [-0.05, 0) is 24.3 Å². The van der Waals surface area contributed by atoms with Gasteiger partial charge in [-0.15, -0.1) is 6.42 Å². The van der Waals surface area contributed by atoms with Gasteiger partial charge >= 0.3 is 5.97 Å². The topological polar surface area (TPSA) is 26.3 Å². The van der Waals surface area contributed by atoms with Crippen LogP contribution in [0.1, 0.15) is 12.5 Å². The minimum absolute atomic E-state index is 0.363. The van der Waals surface area contributed by atoms with Crippen LogP contribution in [0.3, 0.4) is 0 Å². The van der Waals surface area contributed by atoms with Crippen molar-refractivity contribution in [2.45, 2.75) is 6.92 Å². The Labute approximate surface area is 71.2 Å². The van der Waals surface area contributed by atoms with Crippen molar-refractivity contribution in [3.05, 3.63) is 29.8 Å². The van der Waals surface area contributed by atoms with Crippen LogP contribution in [-0.4, -0.2) is 5.97 Å². The van der Waals surface area contributed by atoms with E-state index in [0.29, 0.717) is 11.3 Å². The number of ether oxygens (including phenoxy) is 1. The fourth-order valence-corrected chi connectivity index (χ4v) is 0.758. The van der Waals surface area contributed by atoms with Gasteiger partial charge in [-0.2, -0.15) is 0 Å². The summed E-state index contributed by atoms with van der Waals surface area (Å²) < 4.78 is 4.79. The van der Waals surface area contributed by atoms with Gasteiger partial charge in [0.25, 0.3) is 0 Å². The molecule has 2 heteroatoms. The third-order valence-corrected chi connectivity index (χ3v) is 1.19. The summed E-state index contributed by atoms with van der Waals surface area (Å²) in [5.41, 5.74) is 0.647. The van der Waals surface area contributed by atoms with Gasteiger partial charge in [-0.25, -0.2) is 0 Å². The Balaban J connectivity index is 2.88. The molecule has 0 aliphatic heterocycles. The van der Waals surface area contributed by atoms with Crippen LogP contribution < -0.4 is 4.74 Å². The molecule has 1 radical (unpaired) electrons. The second-order valence-corrected chi connectivity index (χ2v) is 2.20. The number of carbonyl (C=O) groups is 1. The first-order chi connectivity index (χ1) is 5.72. The molecular formula is C10H7O2. The molecule has 1 rings (SSSR count). The molecule has 2 nitrogen and oxygen atoms in total. The predicted octanol–water partition coefficient (Wildman–Crippen LogP) is 1.39. The van der Waals surface area contributed by atoms with E-state index >= 15 is 0 Å². The van der Waals surface area contributed by atoms with E-state index in [1.807, 2.05) is 0 Å². The molecule has 0 spiro atoms. The molecule has 0 unspecified atom stereocenters. The highest BCUT2D eigenvalue weighted by atomic mass is 16.5. The molecule has 0 amide bonds. The van der Waals surface area contributed by atoms with E-state index in [9.17, 15) is 4.79 Å². The second-order valence-electron chi connectivity index (χ2n) is 2.20. The van der Waals surface area contributed by atoms with Crippen LogP contribution in [0.15, 0.2) is 18.2 Å². The molecule has 0 bridgehead atoms. The van der Waals surface area contributed by atoms with Crippen LogP contribution in [0.25, 0.3) is 0 Å². The lowest BCUT2D eigenvalue weighted by atomic mass is 10.2. The molecule has 0 saturated heterocycles. The van der Waals surface area contributed by atoms with Crippen molar-refractivity contribution >= 4 is 5.97 Å². The van der Waals surface area contributed by atoms with Gasteiger partial charge in [-0.1, -0.05) is 5.92 Å². The highest BCUT2D eigenvalue weighted by Crippen LogP contribution is 2.11. The van der Waals surface area contributed by atoms with Gasteiger partial charge in [0.1, 0.15) is 5.75 Å². The first-order valence-electron chi connectivity index (χ1n) is 3.38. The monoisotopic (exact) mass is 159 g/mol. The normalized spacial score (nSPS) is 8.67. The van der Waals surface area contributed by atoms with Crippen molar-refractivity contribution in [3.63, 3.8) is 0 Å². The molecule has 0 heterocycles. The summed E-state index contributed by atoms with van der Waals surface area (Å²) in [5.74, 6) is 2.48. The van der Waals surface area contributed by atoms with Gasteiger partial charge in [0.15, 0.2) is 0 Å². The van der Waals surface area contributed by atoms with Gasteiger partial charge < -0.3 is 4.74 Å². The molecule has 0 saturated carbocycles. The molecule has 0 atom stereocenters. The SMILES string of the molecule is C#Cc1c[c]cc(OC(C)=O)c1. The van der Waals surface area contributed by atoms with Crippen LogP contribution in [-0.2, 0) is 4.79 Å². The van der Waals surface area contributed by atoms with E-state index in [-0.39, 0.29) is 5.97 Å². The number of hydrogen-bond donors (Lipinski definition) is 0. The Morgan fingerprint density at radius 1 is 1.67 bits per heavy atom. The first-order valence-corrected chi connectivity index (χ1v) is 3.38. The van der Waals surface area contributed by atoms with Crippen molar-refractivity contribution < 1.29 is 9.53 Å². The minimum Gasteiger partial charge on any atom is -0.427 e. The number of benzene rings is 1. The molecule has 0 aromatic heterocycles. The van der Waals surface area contributed by atoms with Crippen molar-refractivity contribution in [2.75, 3.05) is 0 Å². The lowest BCUT2D eigenvalue weighted by Gasteiger charge is -1.99. The standard InChI is InChI=1S/C10H7O2/c1-3-9-5-4-6-10(7-9)12-8(2)11/h1,5-7H,2H3. The summed E-state index contributed by atoms with van der Waals surface area (Å²) in [5, 5.41) is 0. The van der Waals surface area contributed by atoms with E-state index in [1.54, 1.807) is 18.2 Å². The summed E-state index contributed by atoms with van der Waals surface area (Å²) in [6.45, 7) is 1.34. The number of rotatable bonds is 1. The zero-order valence-corrected chi connectivity index (χ0v) is 6.63. The molecule has 12 heavy (non-hydrogen) atoms. The molecule has 0 fully saturated rings. The Hall–Kier alpha value is -1.75. The van der Waals surface area contributed by atoms with Crippen molar-refractivity contribution in [1.82, 2.24) is 0 Å². The average Bonchev–Trinajstić information content (AvgIpc) is 2.03.